The van der Waals surface area contributed by atoms with Crippen molar-refractivity contribution < 1.29 is 24.2 Å². The van der Waals surface area contributed by atoms with Gasteiger partial charge in [0.15, 0.2) is 11.4 Å². The lowest BCUT2D eigenvalue weighted by molar-refractivity contribution is 0.0199. The number of likely N-dealkylation sites (tertiary alicyclic amines) is 1. The minimum Gasteiger partial charge on any atom is -0.477 e. The van der Waals surface area contributed by atoms with E-state index in [0.29, 0.717) is 25.9 Å². The van der Waals surface area contributed by atoms with Gasteiger partial charge in [-0.1, -0.05) is 0 Å². The molecule has 1 aliphatic heterocycles. The highest BCUT2D eigenvalue weighted by molar-refractivity contribution is 6.02. The number of aromatic nitrogens is 2. The molecule has 1 aromatic rings. The smallest absolute Gasteiger partial charge is 0.410 e. The average molecular weight is 338 g/mol. The zero-order chi connectivity index (χ0) is 17.9. The van der Waals surface area contributed by atoms with E-state index in [9.17, 15) is 14.4 Å². The lowest BCUT2D eigenvalue weighted by Crippen LogP contribution is -2.48. The highest BCUT2D eigenvalue weighted by Crippen LogP contribution is 2.16. The third-order valence-electron chi connectivity index (χ3n) is 3.55. The van der Waals surface area contributed by atoms with Crippen LogP contribution in [-0.4, -0.2) is 62.7 Å². The van der Waals surface area contributed by atoms with Gasteiger partial charge < -0.3 is 25.0 Å². The summed E-state index contributed by atoms with van der Waals surface area (Å²) in [6.07, 6.45) is 1.94. The van der Waals surface area contributed by atoms with Crippen LogP contribution in [0.2, 0.25) is 0 Å². The summed E-state index contributed by atoms with van der Waals surface area (Å²) < 4.78 is 5.31. The number of ether oxygens (including phenoxy) is 1. The van der Waals surface area contributed by atoms with Crippen LogP contribution >= 0.6 is 0 Å². The van der Waals surface area contributed by atoms with Gasteiger partial charge in [0.1, 0.15) is 5.60 Å². The molecule has 0 unspecified atom stereocenters. The number of hydrogen-bond acceptors (Lipinski definition) is 5. The second-order valence-electron chi connectivity index (χ2n) is 6.65. The predicted molar refractivity (Wildman–Crippen MR) is 83.8 cm³/mol. The fraction of sp³-hybridized carbons (Fsp3) is 0.600. The van der Waals surface area contributed by atoms with Gasteiger partial charge in [-0.15, -0.1) is 0 Å². The van der Waals surface area contributed by atoms with Crippen molar-refractivity contribution in [2.24, 2.45) is 0 Å². The number of carbonyl (C=O) groups is 3. The molecule has 0 atom stereocenters. The molecule has 3 N–H and O–H groups in total. The van der Waals surface area contributed by atoms with Gasteiger partial charge in [-0.3, -0.25) is 4.79 Å². The van der Waals surface area contributed by atoms with Crippen molar-refractivity contribution in [2.45, 2.75) is 45.3 Å². The number of carbonyl (C=O) groups excluding carboxylic acids is 2. The number of piperidine rings is 1. The summed E-state index contributed by atoms with van der Waals surface area (Å²) in [4.78, 5) is 42.9. The largest absolute Gasteiger partial charge is 0.477 e. The zero-order valence-corrected chi connectivity index (χ0v) is 14.0. The predicted octanol–water partition coefficient (Wildman–Crippen LogP) is 1.24. The van der Waals surface area contributed by atoms with E-state index in [0.717, 1.165) is 0 Å². The lowest BCUT2D eigenvalue weighted by atomic mass is 10.1. The first-order chi connectivity index (χ1) is 11.2. The summed E-state index contributed by atoms with van der Waals surface area (Å²) in [6.45, 7) is 6.35. The van der Waals surface area contributed by atoms with Gasteiger partial charge in [-0.2, -0.15) is 0 Å². The number of rotatable bonds is 3. The van der Waals surface area contributed by atoms with Crippen LogP contribution in [0.3, 0.4) is 0 Å². The van der Waals surface area contributed by atoms with Crippen LogP contribution in [0.4, 0.5) is 4.79 Å². The zero-order valence-electron chi connectivity index (χ0n) is 14.0. The molecule has 0 aliphatic carbocycles. The quantitative estimate of drug-likeness (QED) is 0.761. The van der Waals surface area contributed by atoms with Crippen LogP contribution in [0.1, 0.15) is 54.6 Å². The van der Waals surface area contributed by atoms with Crippen LogP contribution < -0.4 is 5.32 Å². The van der Waals surface area contributed by atoms with E-state index in [-0.39, 0.29) is 23.5 Å². The summed E-state index contributed by atoms with van der Waals surface area (Å²) in [5, 5.41) is 11.7. The Bertz CT molecular complexity index is 626. The van der Waals surface area contributed by atoms with E-state index in [2.05, 4.69) is 15.3 Å². The lowest BCUT2D eigenvalue weighted by Gasteiger charge is -2.33. The fourth-order valence-corrected chi connectivity index (χ4v) is 2.42. The molecule has 2 rings (SSSR count). The molecule has 0 radical (unpaired) electrons. The van der Waals surface area contributed by atoms with Gasteiger partial charge in [0.25, 0.3) is 5.91 Å². The molecule has 132 valence electrons. The molecule has 1 fully saturated rings. The third kappa shape index (κ3) is 4.46. The molecule has 0 bridgehead atoms. The van der Waals surface area contributed by atoms with Crippen molar-refractivity contribution in [1.82, 2.24) is 20.2 Å². The minimum absolute atomic E-state index is 0.142. The van der Waals surface area contributed by atoms with Crippen LogP contribution in [0.5, 0.6) is 0 Å². The molecule has 9 nitrogen and oxygen atoms in total. The average Bonchev–Trinajstić information content (AvgIpc) is 2.96. The van der Waals surface area contributed by atoms with Crippen molar-refractivity contribution in [3.05, 3.63) is 17.7 Å². The van der Waals surface area contributed by atoms with Crippen molar-refractivity contribution >= 4 is 18.0 Å². The summed E-state index contributed by atoms with van der Waals surface area (Å²) in [7, 11) is 0. The van der Waals surface area contributed by atoms with Gasteiger partial charge in [0, 0.05) is 19.1 Å². The molecule has 0 saturated carbocycles. The second-order valence-corrected chi connectivity index (χ2v) is 6.65. The Morgan fingerprint density at radius 3 is 2.50 bits per heavy atom. The summed E-state index contributed by atoms with van der Waals surface area (Å²) >= 11 is 0. The topological polar surface area (TPSA) is 125 Å². The van der Waals surface area contributed by atoms with E-state index < -0.39 is 17.5 Å². The SMILES string of the molecule is CC(C)(C)OC(=O)N1CCC(NC(=O)c2nc[nH]c2C(=O)O)CC1. The van der Waals surface area contributed by atoms with Gasteiger partial charge in [0.2, 0.25) is 0 Å². The summed E-state index contributed by atoms with van der Waals surface area (Å²) in [5.41, 5.74) is -0.925. The van der Waals surface area contributed by atoms with Crippen LogP contribution in [0.15, 0.2) is 6.33 Å². The Morgan fingerprint density at radius 1 is 1.33 bits per heavy atom. The number of nitrogens with one attached hydrogen (secondary N) is 2. The molecule has 2 amide bonds. The maximum atomic E-state index is 12.1. The highest BCUT2D eigenvalue weighted by atomic mass is 16.6. The first-order valence-electron chi connectivity index (χ1n) is 7.73. The molecular weight excluding hydrogens is 316 g/mol. The van der Waals surface area contributed by atoms with E-state index in [1.54, 1.807) is 4.90 Å². The van der Waals surface area contributed by atoms with Crippen molar-refractivity contribution in [3.8, 4) is 0 Å². The number of carboxylic acids is 1. The molecule has 2 heterocycles. The first-order valence-corrected chi connectivity index (χ1v) is 7.73. The maximum absolute atomic E-state index is 12.1. The Labute approximate surface area is 139 Å². The highest BCUT2D eigenvalue weighted by Gasteiger charge is 2.28. The van der Waals surface area contributed by atoms with Crippen molar-refractivity contribution in [1.29, 1.82) is 0 Å². The van der Waals surface area contributed by atoms with Gasteiger partial charge >= 0.3 is 12.1 Å². The molecule has 0 spiro atoms. The Morgan fingerprint density at radius 2 is 1.96 bits per heavy atom. The molecule has 1 aromatic heterocycles. The normalized spacial score (nSPS) is 15.9. The number of hydrogen-bond donors (Lipinski definition) is 3. The molecule has 1 saturated heterocycles. The number of H-pyrrole nitrogens is 1. The molecule has 0 aromatic carbocycles. The summed E-state index contributed by atoms with van der Waals surface area (Å²) in [5.74, 6) is -1.78. The maximum Gasteiger partial charge on any atom is 0.410 e. The Kier molecular flexibility index (Phi) is 5.10. The molecule has 1 aliphatic rings. The Hall–Kier alpha value is -2.58. The number of amides is 2. The number of nitrogens with zero attached hydrogens (tertiary/aromatic N) is 2. The monoisotopic (exact) mass is 338 g/mol. The minimum atomic E-state index is -1.24. The standard InChI is InChI=1S/C15H22N4O5/c1-15(2,3)24-14(23)19-6-4-9(5-7-19)18-12(20)10-11(13(21)22)17-8-16-10/h8-9H,4-7H2,1-3H3,(H,16,17)(H,18,20)(H,21,22). The van der Waals surface area contributed by atoms with E-state index >= 15 is 0 Å². The van der Waals surface area contributed by atoms with Crippen molar-refractivity contribution in [3.63, 3.8) is 0 Å². The van der Waals surface area contributed by atoms with Crippen LogP contribution in [0.25, 0.3) is 0 Å². The number of aromatic carboxylic acids is 1. The number of aromatic amines is 1. The molecule has 24 heavy (non-hydrogen) atoms. The molecular formula is C15H22N4O5. The Balaban J connectivity index is 1.87. The second kappa shape index (κ2) is 6.90. The van der Waals surface area contributed by atoms with Gasteiger partial charge in [-0.05, 0) is 33.6 Å². The van der Waals surface area contributed by atoms with Crippen molar-refractivity contribution in [2.75, 3.05) is 13.1 Å². The van der Waals surface area contributed by atoms with Crippen LogP contribution in [-0.2, 0) is 4.74 Å². The third-order valence-corrected chi connectivity index (χ3v) is 3.55. The van der Waals surface area contributed by atoms with Crippen LogP contribution in [0, 0.1) is 0 Å². The fourth-order valence-electron chi connectivity index (χ4n) is 2.42. The van der Waals surface area contributed by atoms with Gasteiger partial charge in [0.05, 0.1) is 6.33 Å². The van der Waals surface area contributed by atoms with E-state index in [1.807, 2.05) is 20.8 Å². The first kappa shape index (κ1) is 17.8. The summed E-state index contributed by atoms with van der Waals surface area (Å²) in [6, 6.07) is -0.144. The van der Waals surface area contributed by atoms with Gasteiger partial charge in [-0.25, -0.2) is 14.6 Å². The number of imidazole rings is 1. The van der Waals surface area contributed by atoms with E-state index in [4.69, 9.17) is 9.84 Å². The van der Waals surface area contributed by atoms with E-state index in [1.165, 1.54) is 6.33 Å². The molecule has 9 heteroatoms. The number of carboxylic acid groups (broad SMARTS) is 1.